The SMILES string of the molecule is Cc1ccc(CSCC(=O)Nc2ccc(C)cc2Cl)cc1. The van der Waals surface area contributed by atoms with E-state index in [0.29, 0.717) is 16.5 Å². The first-order valence-electron chi connectivity index (χ1n) is 6.74. The summed E-state index contributed by atoms with van der Waals surface area (Å²) < 4.78 is 0. The minimum atomic E-state index is -0.0298. The van der Waals surface area contributed by atoms with E-state index in [4.69, 9.17) is 11.6 Å². The third kappa shape index (κ3) is 5.10. The van der Waals surface area contributed by atoms with E-state index in [-0.39, 0.29) is 5.91 Å². The average molecular weight is 320 g/mol. The standard InChI is InChI=1S/C17H18ClNOS/c1-12-3-6-14(7-4-12)10-21-11-17(20)19-16-8-5-13(2)9-15(16)18/h3-9H,10-11H2,1-2H3,(H,19,20). The smallest absolute Gasteiger partial charge is 0.234 e. The van der Waals surface area contributed by atoms with E-state index >= 15 is 0 Å². The van der Waals surface area contributed by atoms with Gasteiger partial charge in [0.2, 0.25) is 5.91 Å². The maximum absolute atomic E-state index is 11.9. The number of hydrogen-bond acceptors (Lipinski definition) is 2. The fourth-order valence-corrected chi connectivity index (χ4v) is 2.92. The lowest BCUT2D eigenvalue weighted by molar-refractivity contribution is -0.113. The molecule has 0 bridgehead atoms. The molecule has 2 rings (SSSR count). The molecular formula is C17H18ClNOS. The molecule has 0 aromatic heterocycles. The minimum absolute atomic E-state index is 0.0298. The Kier molecular flexibility index (Phi) is 5.71. The van der Waals surface area contributed by atoms with E-state index in [1.807, 2.05) is 25.1 Å². The number of carbonyl (C=O) groups excluding carboxylic acids is 1. The Morgan fingerprint density at radius 1 is 1.10 bits per heavy atom. The largest absolute Gasteiger partial charge is 0.324 e. The van der Waals surface area contributed by atoms with Crippen LogP contribution in [0.4, 0.5) is 5.69 Å². The van der Waals surface area contributed by atoms with Crippen molar-refractivity contribution in [2.75, 3.05) is 11.1 Å². The van der Waals surface area contributed by atoms with Gasteiger partial charge in [0.15, 0.2) is 0 Å². The van der Waals surface area contributed by atoms with Gasteiger partial charge in [-0.05, 0) is 37.1 Å². The molecule has 0 unspecified atom stereocenters. The molecule has 2 aromatic carbocycles. The fraction of sp³-hybridized carbons (Fsp3) is 0.235. The van der Waals surface area contributed by atoms with Crippen LogP contribution in [0.2, 0.25) is 5.02 Å². The lowest BCUT2D eigenvalue weighted by Crippen LogP contribution is -2.14. The van der Waals surface area contributed by atoms with Gasteiger partial charge in [-0.15, -0.1) is 11.8 Å². The van der Waals surface area contributed by atoms with Crippen LogP contribution in [0.1, 0.15) is 16.7 Å². The molecular weight excluding hydrogens is 302 g/mol. The highest BCUT2D eigenvalue weighted by Crippen LogP contribution is 2.23. The molecule has 0 radical (unpaired) electrons. The van der Waals surface area contributed by atoms with Crippen molar-refractivity contribution in [1.29, 1.82) is 0 Å². The van der Waals surface area contributed by atoms with Gasteiger partial charge in [0, 0.05) is 5.75 Å². The van der Waals surface area contributed by atoms with E-state index < -0.39 is 0 Å². The summed E-state index contributed by atoms with van der Waals surface area (Å²) in [7, 11) is 0. The van der Waals surface area contributed by atoms with Gasteiger partial charge in [-0.25, -0.2) is 0 Å². The highest BCUT2D eigenvalue weighted by molar-refractivity contribution is 7.99. The zero-order chi connectivity index (χ0) is 15.2. The van der Waals surface area contributed by atoms with Crippen LogP contribution in [0.15, 0.2) is 42.5 Å². The van der Waals surface area contributed by atoms with Crippen LogP contribution in [-0.2, 0) is 10.5 Å². The second-order valence-electron chi connectivity index (χ2n) is 5.01. The summed E-state index contributed by atoms with van der Waals surface area (Å²) in [6.07, 6.45) is 0. The monoisotopic (exact) mass is 319 g/mol. The number of carbonyl (C=O) groups is 1. The number of benzene rings is 2. The topological polar surface area (TPSA) is 29.1 Å². The molecule has 1 amide bonds. The maximum Gasteiger partial charge on any atom is 0.234 e. The molecule has 0 aliphatic carbocycles. The summed E-state index contributed by atoms with van der Waals surface area (Å²) in [4.78, 5) is 11.9. The number of amides is 1. The van der Waals surface area contributed by atoms with Crippen LogP contribution in [-0.4, -0.2) is 11.7 Å². The Balaban J connectivity index is 1.81. The van der Waals surface area contributed by atoms with Crippen LogP contribution in [0.5, 0.6) is 0 Å². The van der Waals surface area contributed by atoms with Crippen LogP contribution in [0, 0.1) is 13.8 Å². The van der Waals surface area contributed by atoms with Crippen molar-refractivity contribution in [3.63, 3.8) is 0 Å². The summed E-state index contributed by atoms with van der Waals surface area (Å²) in [5.74, 6) is 1.21. The van der Waals surface area contributed by atoms with Crippen molar-refractivity contribution in [2.24, 2.45) is 0 Å². The Morgan fingerprint density at radius 2 is 1.76 bits per heavy atom. The van der Waals surface area contributed by atoms with E-state index in [9.17, 15) is 4.79 Å². The van der Waals surface area contributed by atoms with Crippen molar-refractivity contribution in [2.45, 2.75) is 19.6 Å². The van der Waals surface area contributed by atoms with Crippen molar-refractivity contribution in [3.05, 3.63) is 64.2 Å². The molecule has 2 aromatic rings. The van der Waals surface area contributed by atoms with Gasteiger partial charge in [-0.2, -0.15) is 0 Å². The molecule has 110 valence electrons. The number of anilines is 1. The van der Waals surface area contributed by atoms with Gasteiger partial charge in [0.1, 0.15) is 0 Å². The Bertz CT molecular complexity index is 625. The molecule has 0 atom stereocenters. The second kappa shape index (κ2) is 7.53. The molecule has 0 saturated heterocycles. The van der Waals surface area contributed by atoms with Crippen LogP contribution in [0.3, 0.4) is 0 Å². The second-order valence-corrected chi connectivity index (χ2v) is 6.40. The Hall–Kier alpha value is -1.45. The van der Waals surface area contributed by atoms with Gasteiger partial charge < -0.3 is 5.32 Å². The summed E-state index contributed by atoms with van der Waals surface area (Å²) in [5, 5.41) is 3.42. The molecule has 4 heteroatoms. The summed E-state index contributed by atoms with van der Waals surface area (Å²) >= 11 is 7.69. The molecule has 1 N–H and O–H groups in total. The molecule has 0 heterocycles. The van der Waals surface area contributed by atoms with Crippen LogP contribution >= 0.6 is 23.4 Å². The maximum atomic E-state index is 11.9. The third-order valence-electron chi connectivity index (χ3n) is 3.02. The first-order valence-corrected chi connectivity index (χ1v) is 8.27. The molecule has 21 heavy (non-hydrogen) atoms. The number of thioether (sulfide) groups is 1. The lowest BCUT2D eigenvalue weighted by Gasteiger charge is -2.08. The first-order chi connectivity index (χ1) is 10.0. The summed E-state index contributed by atoms with van der Waals surface area (Å²) in [6, 6.07) is 14.0. The zero-order valence-corrected chi connectivity index (χ0v) is 13.7. The molecule has 0 fully saturated rings. The molecule has 0 saturated carbocycles. The predicted octanol–water partition coefficient (Wildman–Crippen LogP) is 4.83. The third-order valence-corrected chi connectivity index (χ3v) is 4.34. The number of nitrogens with one attached hydrogen (secondary N) is 1. The normalized spacial score (nSPS) is 10.4. The number of rotatable bonds is 5. The van der Waals surface area contributed by atoms with Crippen LogP contribution < -0.4 is 5.32 Å². The van der Waals surface area contributed by atoms with Gasteiger partial charge in [-0.1, -0.05) is 47.5 Å². The first kappa shape index (κ1) is 15.9. The van der Waals surface area contributed by atoms with Gasteiger partial charge >= 0.3 is 0 Å². The van der Waals surface area contributed by atoms with Gasteiger partial charge in [0.05, 0.1) is 16.5 Å². The number of halogens is 1. The van der Waals surface area contributed by atoms with Crippen molar-refractivity contribution in [3.8, 4) is 0 Å². The van der Waals surface area contributed by atoms with Gasteiger partial charge in [-0.3, -0.25) is 4.79 Å². The molecule has 2 nitrogen and oxygen atoms in total. The summed E-state index contributed by atoms with van der Waals surface area (Å²) in [5.41, 5.74) is 4.22. The van der Waals surface area contributed by atoms with Gasteiger partial charge in [0.25, 0.3) is 0 Å². The van der Waals surface area contributed by atoms with Crippen molar-refractivity contribution < 1.29 is 4.79 Å². The van der Waals surface area contributed by atoms with Crippen molar-refractivity contribution in [1.82, 2.24) is 0 Å². The van der Waals surface area contributed by atoms with E-state index in [1.54, 1.807) is 11.8 Å². The highest BCUT2D eigenvalue weighted by Gasteiger charge is 2.06. The molecule has 0 aliphatic heterocycles. The number of hydrogen-bond donors (Lipinski definition) is 1. The van der Waals surface area contributed by atoms with Crippen LogP contribution in [0.25, 0.3) is 0 Å². The Labute approximate surface area is 134 Å². The van der Waals surface area contributed by atoms with E-state index in [2.05, 4.69) is 36.5 Å². The van der Waals surface area contributed by atoms with E-state index in [1.165, 1.54) is 11.1 Å². The average Bonchev–Trinajstić information content (AvgIpc) is 2.44. The molecule has 0 aliphatic rings. The minimum Gasteiger partial charge on any atom is -0.324 e. The highest BCUT2D eigenvalue weighted by atomic mass is 35.5. The predicted molar refractivity (Wildman–Crippen MR) is 92.2 cm³/mol. The van der Waals surface area contributed by atoms with E-state index in [0.717, 1.165) is 11.3 Å². The van der Waals surface area contributed by atoms with Crippen molar-refractivity contribution >= 4 is 35.0 Å². The Morgan fingerprint density at radius 3 is 2.43 bits per heavy atom. The quantitative estimate of drug-likeness (QED) is 0.855. The number of aryl methyl sites for hydroxylation is 2. The zero-order valence-electron chi connectivity index (χ0n) is 12.2. The lowest BCUT2D eigenvalue weighted by atomic mass is 10.2. The molecule has 0 spiro atoms. The summed E-state index contributed by atoms with van der Waals surface area (Å²) in [6.45, 7) is 4.03. The fourth-order valence-electron chi connectivity index (χ4n) is 1.85.